The van der Waals surface area contributed by atoms with E-state index in [1.165, 1.54) is 12.1 Å². The maximum atomic E-state index is 13.1. The van der Waals surface area contributed by atoms with E-state index < -0.39 is 6.10 Å². The molecule has 1 N–H and O–H groups in total. The molecule has 2 unspecified atom stereocenters. The number of likely N-dealkylation sites (tertiary alicyclic amines) is 1. The number of aliphatic hydroxyl groups excluding tert-OH is 1. The van der Waals surface area contributed by atoms with Gasteiger partial charge >= 0.3 is 0 Å². The number of aryl methyl sites for hydroxylation is 1. The zero-order chi connectivity index (χ0) is 15.9. The van der Waals surface area contributed by atoms with Gasteiger partial charge in [0.2, 0.25) is 0 Å². The van der Waals surface area contributed by atoms with Crippen LogP contribution in [0.15, 0.2) is 36.5 Å². The number of carbonyl (C=O) groups excluding carboxylic acids is 1. The lowest BCUT2D eigenvalue weighted by Gasteiger charge is -2.25. The van der Waals surface area contributed by atoms with Gasteiger partial charge in [-0.05, 0) is 30.2 Å². The Balaban J connectivity index is 1.92. The summed E-state index contributed by atoms with van der Waals surface area (Å²) in [5.74, 6) is -0.519. The molecule has 22 heavy (non-hydrogen) atoms. The number of carbonyl (C=O) groups is 1. The lowest BCUT2D eigenvalue weighted by Crippen LogP contribution is -2.32. The third-order valence-corrected chi connectivity index (χ3v) is 4.19. The fourth-order valence-electron chi connectivity index (χ4n) is 2.92. The SMILES string of the molecule is Cn1cc(Cl)cc1C(=O)N1CC(O)CC1c1ccc(F)cc1. The lowest BCUT2D eigenvalue weighted by molar-refractivity contribution is 0.0706. The first kappa shape index (κ1) is 15.1. The second kappa shape index (κ2) is 5.74. The Bertz CT molecular complexity index is 699. The van der Waals surface area contributed by atoms with E-state index in [0.717, 1.165) is 5.56 Å². The van der Waals surface area contributed by atoms with Crippen LogP contribution in [0, 0.1) is 5.82 Å². The van der Waals surface area contributed by atoms with Gasteiger partial charge in [0.05, 0.1) is 17.2 Å². The molecule has 2 atom stereocenters. The number of benzene rings is 1. The van der Waals surface area contributed by atoms with E-state index in [2.05, 4.69) is 0 Å². The minimum atomic E-state index is -0.588. The van der Waals surface area contributed by atoms with E-state index >= 15 is 0 Å². The average molecular weight is 323 g/mol. The topological polar surface area (TPSA) is 45.5 Å². The van der Waals surface area contributed by atoms with Crippen LogP contribution in [0.5, 0.6) is 0 Å². The zero-order valence-corrected chi connectivity index (χ0v) is 12.8. The third kappa shape index (κ3) is 2.74. The maximum Gasteiger partial charge on any atom is 0.271 e. The van der Waals surface area contributed by atoms with E-state index in [9.17, 15) is 14.3 Å². The molecule has 1 fully saturated rings. The molecule has 6 heteroatoms. The fourth-order valence-corrected chi connectivity index (χ4v) is 3.17. The molecule has 0 saturated carbocycles. The Hall–Kier alpha value is -1.85. The molecule has 2 aromatic rings. The van der Waals surface area contributed by atoms with Crippen molar-refractivity contribution in [3.05, 3.63) is 58.6 Å². The van der Waals surface area contributed by atoms with E-state index in [1.54, 1.807) is 40.9 Å². The molecule has 0 spiro atoms. The van der Waals surface area contributed by atoms with Gasteiger partial charge in [0.25, 0.3) is 5.91 Å². The van der Waals surface area contributed by atoms with Crippen molar-refractivity contribution in [1.82, 2.24) is 9.47 Å². The van der Waals surface area contributed by atoms with Crippen molar-refractivity contribution < 1.29 is 14.3 Å². The molecule has 4 nitrogen and oxygen atoms in total. The minimum Gasteiger partial charge on any atom is -0.391 e. The fraction of sp³-hybridized carbons (Fsp3) is 0.312. The van der Waals surface area contributed by atoms with Crippen molar-refractivity contribution >= 4 is 17.5 Å². The van der Waals surface area contributed by atoms with E-state index in [4.69, 9.17) is 11.6 Å². The number of amides is 1. The molecule has 1 aromatic heterocycles. The van der Waals surface area contributed by atoms with Crippen LogP contribution in [-0.4, -0.2) is 33.1 Å². The van der Waals surface area contributed by atoms with Crippen LogP contribution in [-0.2, 0) is 7.05 Å². The molecule has 2 heterocycles. The number of β-amino-alcohol motifs (C(OH)–C–C–N with tert-alkyl or cyclic N) is 1. The van der Waals surface area contributed by atoms with Gasteiger partial charge in [0.1, 0.15) is 11.5 Å². The van der Waals surface area contributed by atoms with Gasteiger partial charge in [-0.2, -0.15) is 0 Å². The van der Waals surface area contributed by atoms with Crippen LogP contribution in [0.25, 0.3) is 0 Å². The van der Waals surface area contributed by atoms with E-state index in [1.807, 2.05) is 0 Å². The quantitative estimate of drug-likeness (QED) is 0.924. The summed E-state index contributed by atoms with van der Waals surface area (Å²) in [4.78, 5) is 14.4. The van der Waals surface area contributed by atoms with Crippen molar-refractivity contribution in [3.63, 3.8) is 0 Å². The summed E-state index contributed by atoms with van der Waals surface area (Å²) in [6.45, 7) is 0.254. The highest BCUT2D eigenvalue weighted by molar-refractivity contribution is 6.31. The van der Waals surface area contributed by atoms with Crippen molar-refractivity contribution in [2.45, 2.75) is 18.6 Å². The smallest absolute Gasteiger partial charge is 0.271 e. The number of hydrogen-bond donors (Lipinski definition) is 1. The summed E-state index contributed by atoms with van der Waals surface area (Å²) in [6.07, 6.45) is 1.51. The van der Waals surface area contributed by atoms with Crippen LogP contribution in [0.2, 0.25) is 5.02 Å². The maximum absolute atomic E-state index is 13.1. The molecule has 1 saturated heterocycles. The van der Waals surface area contributed by atoms with Gasteiger partial charge < -0.3 is 14.6 Å². The summed E-state index contributed by atoms with van der Waals surface area (Å²) in [5, 5.41) is 10.4. The lowest BCUT2D eigenvalue weighted by atomic mass is 10.0. The van der Waals surface area contributed by atoms with Crippen molar-refractivity contribution in [1.29, 1.82) is 0 Å². The Morgan fingerprint density at radius 2 is 2.05 bits per heavy atom. The van der Waals surface area contributed by atoms with Crippen molar-refractivity contribution in [2.75, 3.05) is 6.54 Å². The Morgan fingerprint density at radius 1 is 1.36 bits per heavy atom. The molecule has 1 aliphatic heterocycles. The summed E-state index contributed by atoms with van der Waals surface area (Å²) >= 11 is 5.93. The standard InChI is InChI=1S/C16H16ClFN2O2/c1-19-8-11(17)6-15(19)16(22)20-9-13(21)7-14(20)10-2-4-12(18)5-3-10/h2-6,8,13-14,21H,7,9H2,1H3. The van der Waals surface area contributed by atoms with Gasteiger partial charge in [-0.3, -0.25) is 4.79 Å². The monoisotopic (exact) mass is 322 g/mol. The van der Waals surface area contributed by atoms with Crippen molar-refractivity contribution in [3.8, 4) is 0 Å². The van der Waals surface area contributed by atoms with Gasteiger partial charge in [-0.25, -0.2) is 4.39 Å². The van der Waals surface area contributed by atoms with E-state index in [0.29, 0.717) is 17.1 Å². The predicted molar refractivity (Wildman–Crippen MR) is 81.2 cm³/mol. The molecule has 116 valence electrons. The molecule has 1 aromatic carbocycles. The second-order valence-electron chi connectivity index (χ2n) is 5.57. The number of aliphatic hydroxyl groups is 1. The summed E-state index contributed by atoms with van der Waals surface area (Å²) < 4.78 is 14.7. The number of hydrogen-bond acceptors (Lipinski definition) is 2. The molecular formula is C16H16ClFN2O2. The van der Waals surface area contributed by atoms with E-state index in [-0.39, 0.29) is 24.3 Å². The number of nitrogens with zero attached hydrogens (tertiary/aromatic N) is 2. The Kier molecular flexibility index (Phi) is 3.93. The Morgan fingerprint density at radius 3 is 2.64 bits per heavy atom. The summed E-state index contributed by atoms with van der Waals surface area (Å²) in [6, 6.07) is 7.37. The van der Waals surface area contributed by atoms with Crippen LogP contribution in [0.1, 0.15) is 28.5 Å². The summed E-state index contributed by atoms with van der Waals surface area (Å²) in [5.41, 5.74) is 1.28. The average Bonchev–Trinajstić information content (AvgIpc) is 3.01. The van der Waals surface area contributed by atoms with Gasteiger partial charge in [0, 0.05) is 19.8 Å². The predicted octanol–water partition coefficient (Wildman–Crippen LogP) is 2.77. The molecule has 0 aliphatic carbocycles. The first-order valence-electron chi connectivity index (χ1n) is 7.02. The first-order valence-corrected chi connectivity index (χ1v) is 7.40. The van der Waals surface area contributed by atoms with Gasteiger partial charge in [-0.1, -0.05) is 23.7 Å². The van der Waals surface area contributed by atoms with Gasteiger partial charge in [-0.15, -0.1) is 0 Å². The molecule has 3 rings (SSSR count). The third-order valence-electron chi connectivity index (χ3n) is 3.99. The van der Waals surface area contributed by atoms with Crippen LogP contribution < -0.4 is 0 Å². The first-order chi connectivity index (χ1) is 10.5. The molecule has 0 bridgehead atoms. The number of rotatable bonds is 2. The van der Waals surface area contributed by atoms with Crippen molar-refractivity contribution in [2.24, 2.45) is 7.05 Å². The summed E-state index contributed by atoms with van der Waals surface area (Å²) in [7, 11) is 1.75. The molecule has 1 amide bonds. The number of halogens is 2. The highest BCUT2D eigenvalue weighted by Crippen LogP contribution is 2.33. The second-order valence-corrected chi connectivity index (χ2v) is 6.01. The van der Waals surface area contributed by atoms with Gasteiger partial charge in [0.15, 0.2) is 0 Å². The highest BCUT2D eigenvalue weighted by atomic mass is 35.5. The minimum absolute atomic E-state index is 0.194. The molecule has 0 radical (unpaired) electrons. The Labute approximate surface area is 132 Å². The van der Waals surface area contributed by atoms with Crippen LogP contribution in [0.4, 0.5) is 4.39 Å². The van der Waals surface area contributed by atoms with Crippen LogP contribution in [0.3, 0.4) is 0 Å². The largest absolute Gasteiger partial charge is 0.391 e. The number of aromatic nitrogens is 1. The molecule has 1 aliphatic rings. The normalized spacial score (nSPS) is 21.4. The highest BCUT2D eigenvalue weighted by Gasteiger charge is 2.36. The van der Waals surface area contributed by atoms with Crippen LogP contribution >= 0.6 is 11.6 Å². The zero-order valence-electron chi connectivity index (χ0n) is 12.0. The molecular weight excluding hydrogens is 307 g/mol.